The summed E-state index contributed by atoms with van der Waals surface area (Å²) in [4.78, 5) is 0. The highest BCUT2D eigenvalue weighted by molar-refractivity contribution is 5.37. The minimum Gasteiger partial charge on any atom is -0.490 e. The number of methoxy groups -OCH3 is 1. The molecule has 17 heavy (non-hydrogen) atoms. The molecule has 1 aliphatic rings. The SMILES string of the molecule is COCCNCCC1Cc2cc(F)ccc2O1. The van der Waals surface area contributed by atoms with E-state index in [1.807, 2.05) is 0 Å². The number of nitrogens with one attached hydrogen (secondary N) is 1. The average Bonchev–Trinajstić information content (AvgIpc) is 2.70. The van der Waals surface area contributed by atoms with Crippen LogP contribution in [0.1, 0.15) is 12.0 Å². The molecule has 1 N–H and O–H groups in total. The summed E-state index contributed by atoms with van der Waals surface area (Å²) >= 11 is 0. The highest BCUT2D eigenvalue weighted by Gasteiger charge is 2.22. The second-order valence-corrected chi connectivity index (χ2v) is 4.23. The fourth-order valence-corrected chi connectivity index (χ4v) is 2.01. The molecule has 1 unspecified atom stereocenters. The Balaban J connectivity index is 1.73. The van der Waals surface area contributed by atoms with E-state index in [0.717, 1.165) is 43.9 Å². The Labute approximate surface area is 101 Å². The molecule has 0 spiro atoms. The van der Waals surface area contributed by atoms with E-state index in [9.17, 15) is 4.39 Å². The highest BCUT2D eigenvalue weighted by Crippen LogP contribution is 2.30. The molecule has 1 aromatic carbocycles. The summed E-state index contributed by atoms with van der Waals surface area (Å²) < 4.78 is 23.7. The number of rotatable bonds is 6. The van der Waals surface area contributed by atoms with Crippen LogP contribution in [0.5, 0.6) is 5.75 Å². The van der Waals surface area contributed by atoms with Gasteiger partial charge >= 0.3 is 0 Å². The van der Waals surface area contributed by atoms with E-state index in [-0.39, 0.29) is 11.9 Å². The number of fused-ring (bicyclic) bond motifs is 1. The van der Waals surface area contributed by atoms with E-state index in [1.165, 1.54) is 6.07 Å². The molecule has 1 atom stereocenters. The minimum atomic E-state index is -0.189. The van der Waals surface area contributed by atoms with Gasteiger partial charge in [0.15, 0.2) is 0 Å². The molecule has 1 heterocycles. The predicted octanol–water partition coefficient (Wildman–Crippen LogP) is 1.76. The molecule has 4 heteroatoms. The van der Waals surface area contributed by atoms with Crippen molar-refractivity contribution in [3.8, 4) is 5.75 Å². The lowest BCUT2D eigenvalue weighted by atomic mass is 10.1. The van der Waals surface area contributed by atoms with Gasteiger partial charge in [0.1, 0.15) is 17.7 Å². The number of hydrogen-bond acceptors (Lipinski definition) is 3. The van der Waals surface area contributed by atoms with Gasteiger partial charge in [-0.3, -0.25) is 0 Å². The molecular formula is C13H18FNO2. The standard InChI is InChI=1S/C13H18FNO2/c1-16-7-6-15-5-4-12-9-10-8-11(14)2-3-13(10)17-12/h2-3,8,12,15H,4-7,9H2,1H3. The second kappa shape index (κ2) is 5.98. The number of ether oxygens (including phenoxy) is 2. The minimum absolute atomic E-state index is 0.168. The molecule has 1 aromatic rings. The van der Waals surface area contributed by atoms with Gasteiger partial charge < -0.3 is 14.8 Å². The van der Waals surface area contributed by atoms with Crippen molar-refractivity contribution in [2.45, 2.75) is 18.9 Å². The van der Waals surface area contributed by atoms with Crippen LogP contribution in [0.15, 0.2) is 18.2 Å². The summed E-state index contributed by atoms with van der Waals surface area (Å²) in [5, 5.41) is 3.27. The van der Waals surface area contributed by atoms with Crippen molar-refractivity contribution in [2.24, 2.45) is 0 Å². The van der Waals surface area contributed by atoms with Crippen molar-refractivity contribution in [1.82, 2.24) is 5.32 Å². The van der Waals surface area contributed by atoms with Crippen LogP contribution in [-0.2, 0) is 11.2 Å². The monoisotopic (exact) mass is 239 g/mol. The Morgan fingerprint density at radius 3 is 3.18 bits per heavy atom. The van der Waals surface area contributed by atoms with Gasteiger partial charge in [0, 0.05) is 25.6 Å². The first-order valence-electron chi connectivity index (χ1n) is 5.94. The molecule has 0 fully saturated rings. The molecule has 0 amide bonds. The molecule has 3 nitrogen and oxygen atoms in total. The van der Waals surface area contributed by atoms with Crippen molar-refractivity contribution in [2.75, 3.05) is 26.8 Å². The Morgan fingerprint density at radius 2 is 2.35 bits per heavy atom. The smallest absolute Gasteiger partial charge is 0.123 e. The summed E-state index contributed by atoms with van der Waals surface area (Å²) in [6.07, 6.45) is 1.90. The maximum Gasteiger partial charge on any atom is 0.123 e. The zero-order chi connectivity index (χ0) is 12.1. The summed E-state index contributed by atoms with van der Waals surface area (Å²) in [6, 6.07) is 4.72. The van der Waals surface area contributed by atoms with Crippen LogP contribution in [0, 0.1) is 5.82 Å². The fraction of sp³-hybridized carbons (Fsp3) is 0.538. The zero-order valence-corrected chi connectivity index (χ0v) is 10.0. The molecule has 2 rings (SSSR count). The van der Waals surface area contributed by atoms with Gasteiger partial charge in [0.25, 0.3) is 0 Å². The van der Waals surface area contributed by atoms with Gasteiger partial charge in [-0.25, -0.2) is 4.39 Å². The van der Waals surface area contributed by atoms with Crippen molar-refractivity contribution in [1.29, 1.82) is 0 Å². The Hall–Kier alpha value is -1.13. The third-order valence-electron chi connectivity index (χ3n) is 2.89. The quantitative estimate of drug-likeness (QED) is 0.767. The molecule has 0 aliphatic carbocycles. The van der Waals surface area contributed by atoms with E-state index in [2.05, 4.69) is 5.32 Å². The van der Waals surface area contributed by atoms with E-state index in [4.69, 9.17) is 9.47 Å². The largest absolute Gasteiger partial charge is 0.490 e. The normalized spacial score (nSPS) is 17.9. The predicted molar refractivity (Wildman–Crippen MR) is 63.9 cm³/mol. The number of benzene rings is 1. The highest BCUT2D eigenvalue weighted by atomic mass is 19.1. The lowest BCUT2D eigenvalue weighted by Crippen LogP contribution is -2.25. The zero-order valence-electron chi connectivity index (χ0n) is 10.0. The van der Waals surface area contributed by atoms with Crippen LogP contribution in [0.25, 0.3) is 0 Å². The molecule has 0 saturated carbocycles. The molecular weight excluding hydrogens is 221 g/mol. The molecule has 0 aromatic heterocycles. The van der Waals surface area contributed by atoms with Gasteiger partial charge in [-0.05, 0) is 31.2 Å². The second-order valence-electron chi connectivity index (χ2n) is 4.23. The van der Waals surface area contributed by atoms with Crippen LogP contribution in [0.4, 0.5) is 4.39 Å². The summed E-state index contributed by atoms with van der Waals surface area (Å²) in [5.74, 6) is 0.638. The van der Waals surface area contributed by atoms with Crippen LogP contribution in [0.2, 0.25) is 0 Å². The molecule has 94 valence electrons. The topological polar surface area (TPSA) is 30.5 Å². The van der Waals surface area contributed by atoms with Gasteiger partial charge in [0.05, 0.1) is 6.61 Å². The van der Waals surface area contributed by atoms with Gasteiger partial charge in [-0.1, -0.05) is 0 Å². The van der Waals surface area contributed by atoms with Crippen LogP contribution in [-0.4, -0.2) is 32.9 Å². The summed E-state index contributed by atoms with van der Waals surface area (Å²) in [7, 11) is 1.69. The third kappa shape index (κ3) is 3.41. The van der Waals surface area contributed by atoms with Crippen LogP contribution >= 0.6 is 0 Å². The average molecular weight is 239 g/mol. The number of halogens is 1. The van der Waals surface area contributed by atoms with E-state index >= 15 is 0 Å². The van der Waals surface area contributed by atoms with Crippen LogP contribution < -0.4 is 10.1 Å². The summed E-state index contributed by atoms with van der Waals surface area (Å²) in [5.41, 5.74) is 0.979. The first-order valence-corrected chi connectivity index (χ1v) is 5.94. The van der Waals surface area contributed by atoms with Crippen LogP contribution in [0.3, 0.4) is 0 Å². The lowest BCUT2D eigenvalue weighted by Gasteiger charge is -2.10. The lowest BCUT2D eigenvalue weighted by molar-refractivity contribution is 0.192. The van der Waals surface area contributed by atoms with Crippen molar-refractivity contribution >= 4 is 0 Å². The Kier molecular flexibility index (Phi) is 4.34. The first kappa shape index (κ1) is 12.3. The third-order valence-corrected chi connectivity index (χ3v) is 2.89. The Morgan fingerprint density at radius 1 is 1.47 bits per heavy atom. The first-order chi connectivity index (χ1) is 8.29. The maximum absolute atomic E-state index is 13.0. The van der Waals surface area contributed by atoms with Crippen molar-refractivity contribution in [3.63, 3.8) is 0 Å². The molecule has 0 saturated heterocycles. The van der Waals surface area contributed by atoms with Gasteiger partial charge in [-0.2, -0.15) is 0 Å². The van der Waals surface area contributed by atoms with E-state index in [1.54, 1.807) is 19.2 Å². The summed E-state index contributed by atoms with van der Waals surface area (Å²) in [6.45, 7) is 2.46. The van der Waals surface area contributed by atoms with Gasteiger partial charge in [-0.15, -0.1) is 0 Å². The van der Waals surface area contributed by atoms with Gasteiger partial charge in [0.2, 0.25) is 0 Å². The van der Waals surface area contributed by atoms with E-state index < -0.39 is 0 Å². The number of hydrogen-bond donors (Lipinski definition) is 1. The molecule has 0 radical (unpaired) electrons. The van der Waals surface area contributed by atoms with Crippen molar-refractivity contribution in [3.05, 3.63) is 29.6 Å². The molecule has 0 bridgehead atoms. The Bertz CT molecular complexity index is 370. The fourth-order valence-electron chi connectivity index (χ4n) is 2.01. The van der Waals surface area contributed by atoms with E-state index in [0.29, 0.717) is 0 Å². The maximum atomic E-state index is 13.0. The molecule has 1 aliphatic heterocycles. The van der Waals surface area contributed by atoms with Crippen molar-refractivity contribution < 1.29 is 13.9 Å².